The highest BCUT2D eigenvalue weighted by Crippen LogP contribution is 2.37. The molecule has 1 aromatic carbocycles. The molecule has 3 amide bonds. The number of amides is 3. The molecule has 1 heterocycles. The number of esters is 1. The average molecular weight is 441 g/mol. The molecule has 2 aliphatic rings. The minimum Gasteiger partial charge on any atom is -0.454 e. The quantitative estimate of drug-likeness (QED) is 0.559. The molecule has 1 saturated heterocycles. The summed E-state index contributed by atoms with van der Waals surface area (Å²) in [6.07, 6.45) is 3.10. The zero-order valence-electron chi connectivity index (χ0n) is 14.4. The van der Waals surface area contributed by atoms with Crippen molar-refractivity contribution in [2.45, 2.75) is 25.7 Å². The van der Waals surface area contributed by atoms with Gasteiger partial charge in [-0.1, -0.05) is 28.8 Å². The van der Waals surface area contributed by atoms with Crippen molar-refractivity contribution < 1.29 is 28.3 Å². The second kappa shape index (κ2) is 8.16. The van der Waals surface area contributed by atoms with Gasteiger partial charge in [-0.3, -0.25) is 24.1 Å². The predicted molar refractivity (Wildman–Crippen MR) is 95.9 cm³/mol. The van der Waals surface area contributed by atoms with Crippen molar-refractivity contribution in [3.05, 3.63) is 28.5 Å². The summed E-state index contributed by atoms with van der Waals surface area (Å²) in [7, 11) is 0. The standard InChI is InChI=1S/C18H18BrFN2O5/c19-10-5-6-14(13(20)7-10)21-15(23)9-27-16(24)8-22-17(25)11-3-1-2-4-12(11)18(22)26/h5-7,11-12H,1-4,8-9H2,(H,21,23)/t11-,12-/m1/s1. The van der Waals surface area contributed by atoms with Crippen molar-refractivity contribution in [3.63, 3.8) is 0 Å². The number of imide groups is 1. The predicted octanol–water partition coefficient (Wildman–Crippen LogP) is 2.25. The third kappa shape index (κ3) is 4.35. The number of halogens is 2. The van der Waals surface area contributed by atoms with Crippen LogP contribution in [0, 0.1) is 17.7 Å². The van der Waals surface area contributed by atoms with E-state index in [0.717, 1.165) is 17.7 Å². The van der Waals surface area contributed by atoms with E-state index in [4.69, 9.17) is 4.74 Å². The van der Waals surface area contributed by atoms with E-state index in [1.807, 2.05) is 0 Å². The number of hydrogen-bond donors (Lipinski definition) is 1. The van der Waals surface area contributed by atoms with Gasteiger partial charge in [0.25, 0.3) is 5.91 Å². The van der Waals surface area contributed by atoms with E-state index in [1.54, 1.807) is 6.07 Å². The fourth-order valence-electron chi connectivity index (χ4n) is 3.48. The Morgan fingerprint density at radius 3 is 2.41 bits per heavy atom. The zero-order valence-corrected chi connectivity index (χ0v) is 16.0. The second-order valence-corrected chi connectivity index (χ2v) is 7.51. The molecule has 1 aromatic rings. The van der Waals surface area contributed by atoms with Crippen molar-refractivity contribution >= 4 is 45.3 Å². The third-order valence-corrected chi connectivity index (χ3v) is 5.28. The number of ether oxygens (including phenoxy) is 1. The Kier molecular flexibility index (Phi) is 5.88. The van der Waals surface area contributed by atoms with Crippen LogP contribution in [0.5, 0.6) is 0 Å². The number of likely N-dealkylation sites (tertiary alicyclic amines) is 1. The molecule has 7 nitrogen and oxygen atoms in total. The molecular formula is C18H18BrFN2O5. The van der Waals surface area contributed by atoms with Crippen LogP contribution in [0.25, 0.3) is 0 Å². The molecular weight excluding hydrogens is 423 g/mol. The first kappa shape index (κ1) is 19.5. The molecule has 0 bridgehead atoms. The maximum atomic E-state index is 13.7. The lowest BCUT2D eigenvalue weighted by atomic mass is 9.81. The lowest BCUT2D eigenvalue weighted by Gasteiger charge is -2.19. The minimum atomic E-state index is -0.859. The first-order valence-electron chi connectivity index (χ1n) is 8.62. The van der Waals surface area contributed by atoms with Gasteiger partial charge in [-0.15, -0.1) is 0 Å². The van der Waals surface area contributed by atoms with Gasteiger partial charge in [-0.05, 0) is 31.0 Å². The van der Waals surface area contributed by atoms with Gasteiger partial charge in [0.2, 0.25) is 11.8 Å². The van der Waals surface area contributed by atoms with Crippen LogP contribution in [0.3, 0.4) is 0 Å². The molecule has 3 rings (SSSR count). The lowest BCUT2D eigenvalue weighted by Crippen LogP contribution is -2.37. The van der Waals surface area contributed by atoms with Gasteiger partial charge in [0.1, 0.15) is 12.4 Å². The number of fused-ring (bicyclic) bond motifs is 1. The maximum absolute atomic E-state index is 13.7. The summed E-state index contributed by atoms with van der Waals surface area (Å²) in [6.45, 7) is -1.15. The molecule has 0 aromatic heterocycles. The third-order valence-electron chi connectivity index (χ3n) is 4.79. The highest BCUT2D eigenvalue weighted by atomic mass is 79.9. The number of carbonyl (C=O) groups excluding carboxylic acids is 4. The van der Waals surface area contributed by atoms with Crippen molar-refractivity contribution in [3.8, 4) is 0 Å². The molecule has 144 valence electrons. The van der Waals surface area contributed by atoms with Gasteiger partial charge in [-0.25, -0.2) is 4.39 Å². The van der Waals surface area contributed by atoms with Gasteiger partial charge >= 0.3 is 5.97 Å². The largest absolute Gasteiger partial charge is 0.454 e. The highest BCUT2D eigenvalue weighted by molar-refractivity contribution is 9.10. The Hall–Kier alpha value is -2.29. The van der Waals surface area contributed by atoms with Crippen molar-refractivity contribution in [2.24, 2.45) is 11.8 Å². The number of nitrogens with one attached hydrogen (secondary N) is 1. The maximum Gasteiger partial charge on any atom is 0.326 e. The van der Waals surface area contributed by atoms with Crippen LogP contribution in [0.2, 0.25) is 0 Å². The average Bonchev–Trinajstić information content (AvgIpc) is 2.88. The number of anilines is 1. The normalized spacial score (nSPS) is 21.8. The molecule has 27 heavy (non-hydrogen) atoms. The van der Waals surface area contributed by atoms with Crippen LogP contribution in [-0.4, -0.2) is 41.7 Å². The van der Waals surface area contributed by atoms with Crippen LogP contribution >= 0.6 is 15.9 Å². The molecule has 1 aliphatic carbocycles. The summed E-state index contributed by atoms with van der Waals surface area (Å²) in [6, 6.07) is 4.10. The Bertz CT molecular complexity index is 776. The Morgan fingerprint density at radius 2 is 1.81 bits per heavy atom. The van der Waals surface area contributed by atoms with Gasteiger partial charge in [0, 0.05) is 4.47 Å². The summed E-state index contributed by atoms with van der Waals surface area (Å²) >= 11 is 3.10. The van der Waals surface area contributed by atoms with Gasteiger partial charge in [-0.2, -0.15) is 0 Å². The summed E-state index contributed by atoms with van der Waals surface area (Å²) in [4.78, 5) is 49.3. The molecule has 0 spiro atoms. The fourth-order valence-corrected chi connectivity index (χ4v) is 3.82. The van der Waals surface area contributed by atoms with E-state index in [-0.39, 0.29) is 29.3 Å². The summed E-state index contributed by atoms with van der Waals surface area (Å²) in [5, 5.41) is 2.29. The molecule has 2 atom stereocenters. The van der Waals surface area contributed by atoms with E-state index < -0.39 is 30.8 Å². The van der Waals surface area contributed by atoms with E-state index >= 15 is 0 Å². The van der Waals surface area contributed by atoms with Gasteiger partial charge < -0.3 is 10.1 Å². The number of nitrogens with zero attached hydrogens (tertiary/aromatic N) is 1. The van der Waals surface area contributed by atoms with Crippen LogP contribution in [0.4, 0.5) is 10.1 Å². The Labute approximate surface area is 163 Å². The number of hydrogen-bond acceptors (Lipinski definition) is 5. The first-order valence-corrected chi connectivity index (χ1v) is 9.42. The van der Waals surface area contributed by atoms with E-state index in [2.05, 4.69) is 21.2 Å². The lowest BCUT2D eigenvalue weighted by molar-refractivity contribution is -0.154. The van der Waals surface area contributed by atoms with Crippen LogP contribution in [0.15, 0.2) is 22.7 Å². The fraction of sp³-hybridized carbons (Fsp3) is 0.444. The van der Waals surface area contributed by atoms with Crippen molar-refractivity contribution in [2.75, 3.05) is 18.5 Å². The second-order valence-electron chi connectivity index (χ2n) is 6.59. The molecule has 9 heteroatoms. The molecule has 0 radical (unpaired) electrons. The summed E-state index contributed by atoms with van der Waals surface area (Å²) in [5.41, 5.74) is -0.0479. The van der Waals surface area contributed by atoms with E-state index in [0.29, 0.717) is 17.3 Å². The van der Waals surface area contributed by atoms with Crippen molar-refractivity contribution in [1.29, 1.82) is 0 Å². The number of carbonyl (C=O) groups is 4. The molecule has 0 unspecified atom stereocenters. The summed E-state index contributed by atoms with van der Waals surface area (Å²) in [5.74, 6) is -3.60. The van der Waals surface area contributed by atoms with Crippen LogP contribution < -0.4 is 5.32 Å². The summed E-state index contributed by atoms with van der Waals surface area (Å²) < 4.78 is 19.0. The topological polar surface area (TPSA) is 92.8 Å². The Morgan fingerprint density at radius 1 is 1.19 bits per heavy atom. The molecule has 1 aliphatic heterocycles. The monoisotopic (exact) mass is 440 g/mol. The minimum absolute atomic E-state index is 0.0479. The smallest absolute Gasteiger partial charge is 0.326 e. The number of rotatable bonds is 5. The Balaban J connectivity index is 1.50. The van der Waals surface area contributed by atoms with Crippen LogP contribution in [0.1, 0.15) is 25.7 Å². The molecule has 1 N–H and O–H groups in total. The van der Waals surface area contributed by atoms with Crippen molar-refractivity contribution in [1.82, 2.24) is 4.90 Å². The van der Waals surface area contributed by atoms with E-state index in [1.165, 1.54) is 12.1 Å². The SMILES string of the molecule is O=C(COC(=O)CN1C(=O)[C@@H]2CCCC[C@H]2C1=O)Nc1ccc(Br)cc1F. The highest BCUT2D eigenvalue weighted by Gasteiger charge is 2.48. The van der Waals surface area contributed by atoms with Gasteiger partial charge in [0.05, 0.1) is 17.5 Å². The molecule has 2 fully saturated rings. The zero-order chi connectivity index (χ0) is 19.6. The van der Waals surface area contributed by atoms with Crippen LogP contribution in [-0.2, 0) is 23.9 Å². The first-order chi connectivity index (χ1) is 12.9. The van der Waals surface area contributed by atoms with Gasteiger partial charge in [0.15, 0.2) is 6.61 Å². The van der Waals surface area contributed by atoms with E-state index in [9.17, 15) is 23.6 Å². The molecule has 1 saturated carbocycles. The number of benzene rings is 1.